The molecule has 0 fully saturated rings. The van der Waals surface area contributed by atoms with Crippen molar-refractivity contribution in [2.24, 2.45) is 0 Å². The van der Waals surface area contributed by atoms with Gasteiger partial charge in [-0.15, -0.1) is 10.2 Å². The summed E-state index contributed by atoms with van der Waals surface area (Å²) in [7, 11) is 1.48. The van der Waals surface area contributed by atoms with Crippen molar-refractivity contribution in [1.82, 2.24) is 20.0 Å². The molecule has 27 heavy (non-hydrogen) atoms. The second kappa shape index (κ2) is 7.24. The van der Waals surface area contributed by atoms with Crippen LogP contribution in [0, 0.1) is 0 Å². The van der Waals surface area contributed by atoms with Gasteiger partial charge in [-0.3, -0.25) is 14.4 Å². The zero-order chi connectivity index (χ0) is 18.8. The zero-order valence-corrected chi connectivity index (χ0v) is 15.3. The van der Waals surface area contributed by atoms with E-state index in [1.807, 2.05) is 30.3 Å². The van der Waals surface area contributed by atoms with E-state index in [1.165, 1.54) is 12.0 Å². The molecule has 1 amide bonds. The molecule has 0 saturated heterocycles. The summed E-state index contributed by atoms with van der Waals surface area (Å²) in [5.74, 6) is 1.29. The molecule has 0 radical (unpaired) electrons. The van der Waals surface area contributed by atoms with E-state index in [9.17, 15) is 4.79 Å². The second-order valence-electron chi connectivity index (χ2n) is 5.86. The van der Waals surface area contributed by atoms with Crippen LogP contribution in [-0.4, -0.2) is 39.5 Å². The Morgan fingerprint density at radius 3 is 2.74 bits per heavy atom. The first-order valence-corrected chi connectivity index (χ1v) is 8.67. The van der Waals surface area contributed by atoms with E-state index < -0.39 is 0 Å². The van der Waals surface area contributed by atoms with Crippen molar-refractivity contribution < 1.29 is 14.3 Å². The van der Waals surface area contributed by atoms with Crippen LogP contribution < -0.4 is 14.4 Å². The Morgan fingerprint density at radius 1 is 1.15 bits per heavy atom. The molecule has 0 saturated carbocycles. The van der Waals surface area contributed by atoms with Gasteiger partial charge in [0.1, 0.15) is 23.7 Å². The summed E-state index contributed by atoms with van der Waals surface area (Å²) in [5, 5.41) is 12.4. The molecule has 1 aliphatic rings. The van der Waals surface area contributed by atoms with Gasteiger partial charge in [0.25, 0.3) is 5.91 Å². The molecule has 0 unspecified atom stereocenters. The number of hydrogen-bond acceptors (Lipinski definition) is 6. The van der Waals surface area contributed by atoms with Gasteiger partial charge in [-0.25, -0.2) is 0 Å². The third-order valence-electron chi connectivity index (χ3n) is 4.16. The van der Waals surface area contributed by atoms with E-state index in [0.29, 0.717) is 36.0 Å². The van der Waals surface area contributed by atoms with Crippen LogP contribution in [0.4, 0.5) is 5.82 Å². The number of aromatic nitrogens is 4. The minimum Gasteiger partial charge on any atom is -0.493 e. The third-order valence-corrected chi connectivity index (χ3v) is 4.42. The quantitative estimate of drug-likeness (QED) is 0.671. The number of hydrogen-bond donors (Lipinski definition) is 0. The fraction of sp³-hybridized carbons (Fsp3) is 0.222. The highest BCUT2D eigenvalue weighted by atomic mass is 35.5. The van der Waals surface area contributed by atoms with Crippen LogP contribution in [0.2, 0.25) is 5.15 Å². The van der Waals surface area contributed by atoms with Crippen molar-refractivity contribution in [2.45, 2.75) is 13.2 Å². The predicted molar refractivity (Wildman–Crippen MR) is 98.3 cm³/mol. The summed E-state index contributed by atoms with van der Waals surface area (Å²) >= 11 is 5.91. The fourth-order valence-electron chi connectivity index (χ4n) is 2.84. The minimum absolute atomic E-state index is 0.149. The fourth-order valence-corrected chi connectivity index (χ4v) is 3.00. The summed E-state index contributed by atoms with van der Waals surface area (Å²) in [5.41, 5.74) is 1.16. The molecule has 3 heterocycles. The first-order valence-electron chi connectivity index (χ1n) is 8.29. The SMILES string of the molecule is COc1cc(N2CCn3nc(COc4ccccc4)cc3C2=O)nnc1Cl. The predicted octanol–water partition coefficient (Wildman–Crippen LogP) is 2.57. The topological polar surface area (TPSA) is 82.4 Å². The first-order chi connectivity index (χ1) is 13.2. The lowest BCUT2D eigenvalue weighted by Crippen LogP contribution is -2.41. The van der Waals surface area contributed by atoms with Gasteiger partial charge in [-0.1, -0.05) is 29.8 Å². The van der Waals surface area contributed by atoms with Crippen LogP contribution in [0.5, 0.6) is 11.5 Å². The van der Waals surface area contributed by atoms with E-state index in [4.69, 9.17) is 21.1 Å². The number of amides is 1. The Hall–Kier alpha value is -3.13. The number of nitrogens with zero attached hydrogens (tertiary/aromatic N) is 5. The largest absolute Gasteiger partial charge is 0.493 e. The van der Waals surface area contributed by atoms with Gasteiger partial charge in [-0.2, -0.15) is 5.10 Å². The summed E-state index contributed by atoms with van der Waals surface area (Å²) < 4.78 is 12.5. The summed E-state index contributed by atoms with van der Waals surface area (Å²) in [6.45, 7) is 1.25. The van der Waals surface area contributed by atoms with E-state index in [1.54, 1.807) is 16.8 Å². The van der Waals surface area contributed by atoms with Crippen molar-refractivity contribution >= 4 is 23.3 Å². The Balaban J connectivity index is 1.53. The molecule has 0 bridgehead atoms. The van der Waals surface area contributed by atoms with Crippen LogP contribution in [0.1, 0.15) is 16.2 Å². The molecular weight excluding hydrogens is 370 g/mol. The molecule has 9 heteroatoms. The van der Waals surface area contributed by atoms with Crippen molar-refractivity contribution in [3.05, 3.63) is 59.0 Å². The number of fused-ring (bicyclic) bond motifs is 1. The van der Waals surface area contributed by atoms with E-state index in [-0.39, 0.29) is 17.7 Å². The normalized spacial score (nSPS) is 13.4. The molecule has 2 aromatic heterocycles. The number of rotatable bonds is 5. The maximum absolute atomic E-state index is 12.9. The standard InChI is InChI=1S/C18H16ClN5O3/c1-26-15-10-16(20-21-17(15)19)23-7-8-24-14(18(23)25)9-12(22-24)11-27-13-5-3-2-4-6-13/h2-6,9-10H,7-8,11H2,1H3. The highest BCUT2D eigenvalue weighted by Crippen LogP contribution is 2.27. The molecule has 0 spiro atoms. The van der Waals surface area contributed by atoms with Gasteiger partial charge in [-0.05, 0) is 18.2 Å². The highest BCUT2D eigenvalue weighted by Gasteiger charge is 2.29. The van der Waals surface area contributed by atoms with Gasteiger partial charge in [0, 0.05) is 12.6 Å². The van der Waals surface area contributed by atoms with Crippen molar-refractivity contribution in [3.8, 4) is 11.5 Å². The van der Waals surface area contributed by atoms with Crippen molar-refractivity contribution in [2.75, 3.05) is 18.6 Å². The average molecular weight is 386 g/mol. The Morgan fingerprint density at radius 2 is 1.96 bits per heavy atom. The van der Waals surface area contributed by atoms with Crippen LogP contribution in [0.15, 0.2) is 42.5 Å². The van der Waals surface area contributed by atoms with Crippen molar-refractivity contribution in [3.63, 3.8) is 0 Å². The lowest BCUT2D eigenvalue weighted by molar-refractivity contribution is 0.0961. The smallest absolute Gasteiger partial charge is 0.277 e. The van der Waals surface area contributed by atoms with E-state index >= 15 is 0 Å². The molecule has 4 rings (SSSR count). The molecule has 1 aliphatic heterocycles. The number of carbonyl (C=O) groups excluding carboxylic acids is 1. The van der Waals surface area contributed by atoms with Crippen LogP contribution >= 0.6 is 11.6 Å². The van der Waals surface area contributed by atoms with E-state index in [0.717, 1.165) is 5.75 Å². The van der Waals surface area contributed by atoms with Gasteiger partial charge in [0.15, 0.2) is 16.7 Å². The van der Waals surface area contributed by atoms with Gasteiger partial charge in [0.05, 0.1) is 13.7 Å². The van der Waals surface area contributed by atoms with Gasteiger partial charge >= 0.3 is 0 Å². The lowest BCUT2D eigenvalue weighted by atomic mass is 10.2. The monoisotopic (exact) mass is 385 g/mol. The summed E-state index contributed by atoms with van der Waals surface area (Å²) in [6, 6.07) is 12.8. The van der Waals surface area contributed by atoms with Crippen LogP contribution in [0.25, 0.3) is 0 Å². The molecule has 138 valence electrons. The molecular formula is C18H16ClN5O3. The summed E-state index contributed by atoms with van der Waals surface area (Å²) in [6.07, 6.45) is 0. The number of halogens is 1. The molecule has 3 aromatic rings. The molecule has 8 nitrogen and oxygen atoms in total. The lowest BCUT2D eigenvalue weighted by Gasteiger charge is -2.26. The van der Waals surface area contributed by atoms with E-state index in [2.05, 4.69) is 15.3 Å². The number of anilines is 1. The number of carbonyl (C=O) groups is 1. The van der Waals surface area contributed by atoms with Crippen LogP contribution in [0.3, 0.4) is 0 Å². The maximum Gasteiger partial charge on any atom is 0.277 e. The number of ether oxygens (including phenoxy) is 2. The highest BCUT2D eigenvalue weighted by molar-refractivity contribution is 6.30. The number of benzene rings is 1. The van der Waals surface area contributed by atoms with Crippen molar-refractivity contribution in [1.29, 1.82) is 0 Å². The molecule has 0 aliphatic carbocycles. The Bertz CT molecular complexity index is 976. The minimum atomic E-state index is -0.210. The van der Waals surface area contributed by atoms with Crippen LogP contribution in [-0.2, 0) is 13.2 Å². The number of methoxy groups -OCH3 is 1. The molecule has 0 N–H and O–H groups in total. The Kier molecular flexibility index (Phi) is 4.64. The van der Waals surface area contributed by atoms with Gasteiger partial charge < -0.3 is 9.47 Å². The summed E-state index contributed by atoms with van der Waals surface area (Å²) in [4.78, 5) is 14.4. The first kappa shape index (κ1) is 17.3. The zero-order valence-electron chi connectivity index (χ0n) is 14.5. The second-order valence-corrected chi connectivity index (χ2v) is 6.22. The van der Waals surface area contributed by atoms with Gasteiger partial charge in [0.2, 0.25) is 0 Å². The Labute approximate surface area is 160 Å². The third kappa shape index (κ3) is 3.43. The average Bonchev–Trinajstić information content (AvgIpc) is 3.12. The maximum atomic E-state index is 12.9. The number of para-hydroxylation sites is 1. The molecule has 1 aromatic carbocycles. The molecule has 0 atom stereocenters.